The SMILES string of the molecule is C/C=C(\C#N)S(=O)(=O)C(C)C/C=C(\C#N)S(=O)(=O)C(C)C. The average molecular weight is 330 g/mol. The molecule has 0 saturated heterocycles. The first-order valence-electron chi connectivity index (χ1n) is 6.20. The van der Waals surface area contributed by atoms with Gasteiger partial charge < -0.3 is 0 Å². The Morgan fingerprint density at radius 3 is 1.81 bits per heavy atom. The van der Waals surface area contributed by atoms with E-state index in [1.54, 1.807) is 12.1 Å². The van der Waals surface area contributed by atoms with Gasteiger partial charge in [-0.1, -0.05) is 12.2 Å². The van der Waals surface area contributed by atoms with Gasteiger partial charge in [0.15, 0.2) is 19.7 Å². The molecule has 0 amide bonds. The van der Waals surface area contributed by atoms with E-state index in [2.05, 4.69) is 0 Å². The van der Waals surface area contributed by atoms with Crippen molar-refractivity contribution in [3.8, 4) is 12.1 Å². The van der Waals surface area contributed by atoms with Crippen molar-refractivity contribution in [2.75, 3.05) is 0 Å². The molecule has 21 heavy (non-hydrogen) atoms. The molecule has 1 atom stereocenters. The number of allylic oxidation sites excluding steroid dienone is 4. The first-order valence-corrected chi connectivity index (χ1v) is 9.29. The van der Waals surface area contributed by atoms with Gasteiger partial charge in [0.25, 0.3) is 0 Å². The van der Waals surface area contributed by atoms with Gasteiger partial charge in [-0.15, -0.1) is 0 Å². The van der Waals surface area contributed by atoms with Crippen LogP contribution in [0.15, 0.2) is 22.0 Å². The molecule has 0 bridgehead atoms. The summed E-state index contributed by atoms with van der Waals surface area (Å²) in [4.78, 5) is -0.813. The molecular formula is C13H18N2O4S2. The molecule has 0 aromatic rings. The van der Waals surface area contributed by atoms with Gasteiger partial charge in [0.05, 0.1) is 10.5 Å². The van der Waals surface area contributed by atoms with E-state index >= 15 is 0 Å². The minimum atomic E-state index is -3.82. The maximum absolute atomic E-state index is 12.0. The van der Waals surface area contributed by atoms with Gasteiger partial charge >= 0.3 is 0 Å². The Morgan fingerprint density at radius 1 is 1.00 bits per heavy atom. The summed E-state index contributed by atoms with van der Waals surface area (Å²) in [6, 6.07) is 3.18. The van der Waals surface area contributed by atoms with Gasteiger partial charge in [0.2, 0.25) is 0 Å². The Hall–Kier alpha value is -1.64. The van der Waals surface area contributed by atoms with Gasteiger partial charge in [-0.05, 0) is 34.1 Å². The molecule has 0 aromatic heterocycles. The summed E-state index contributed by atoms with van der Waals surface area (Å²) in [5, 5.41) is 15.9. The van der Waals surface area contributed by atoms with Gasteiger partial charge in [-0.3, -0.25) is 0 Å². The minimum absolute atomic E-state index is 0.157. The van der Waals surface area contributed by atoms with Crippen LogP contribution in [0.2, 0.25) is 0 Å². The predicted octanol–water partition coefficient (Wildman–Crippen LogP) is 1.84. The van der Waals surface area contributed by atoms with Gasteiger partial charge in [-0.2, -0.15) is 10.5 Å². The van der Waals surface area contributed by atoms with Crippen molar-refractivity contribution in [2.24, 2.45) is 0 Å². The monoisotopic (exact) mass is 330 g/mol. The first-order chi connectivity index (χ1) is 9.55. The van der Waals surface area contributed by atoms with Crippen LogP contribution in [-0.4, -0.2) is 27.3 Å². The molecule has 0 N–H and O–H groups in total. The van der Waals surface area contributed by atoms with Crippen LogP contribution in [-0.2, 0) is 19.7 Å². The third-order valence-electron chi connectivity index (χ3n) is 2.88. The molecule has 0 saturated carbocycles. The Labute approximate surface area is 126 Å². The Balaban J connectivity index is 5.49. The molecule has 1 unspecified atom stereocenters. The number of nitrogens with zero attached hydrogens (tertiary/aromatic N) is 2. The smallest absolute Gasteiger partial charge is 0.190 e. The van der Waals surface area contributed by atoms with Crippen LogP contribution in [0.3, 0.4) is 0 Å². The highest BCUT2D eigenvalue weighted by Crippen LogP contribution is 2.19. The van der Waals surface area contributed by atoms with E-state index in [1.807, 2.05) is 0 Å². The van der Waals surface area contributed by atoms with Crippen molar-refractivity contribution in [2.45, 2.75) is 44.6 Å². The maximum Gasteiger partial charge on any atom is 0.190 e. The fourth-order valence-electron chi connectivity index (χ4n) is 1.39. The zero-order chi connectivity index (χ0) is 16.8. The van der Waals surface area contributed by atoms with E-state index in [-0.39, 0.29) is 11.3 Å². The third kappa shape index (κ3) is 4.42. The van der Waals surface area contributed by atoms with Crippen molar-refractivity contribution in [3.63, 3.8) is 0 Å². The van der Waals surface area contributed by atoms with E-state index in [0.29, 0.717) is 0 Å². The van der Waals surface area contributed by atoms with Crippen LogP contribution >= 0.6 is 0 Å². The zero-order valence-electron chi connectivity index (χ0n) is 12.4. The zero-order valence-corrected chi connectivity index (χ0v) is 14.0. The number of hydrogen-bond donors (Lipinski definition) is 0. The molecule has 0 radical (unpaired) electrons. The normalized spacial score (nSPS) is 15.4. The second-order valence-corrected chi connectivity index (χ2v) is 9.44. The summed E-state index contributed by atoms with van der Waals surface area (Å²) in [6.07, 6.45) is 2.13. The number of nitriles is 2. The lowest BCUT2D eigenvalue weighted by molar-refractivity contribution is 0.589. The fourth-order valence-corrected chi connectivity index (χ4v) is 3.59. The van der Waals surface area contributed by atoms with Crippen LogP contribution in [0.25, 0.3) is 0 Å². The molecule has 0 heterocycles. The molecule has 0 aliphatic carbocycles. The highest BCUT2D eigenvalue weighted by molar-refractivity contribution is 7.96. The lowest BCUT2D eigenvalue weighted by Crippen LogP contribution is -2.20. The maximum atomic E-state index is 12.0. The van der Waals surface area contributed by atoms with Crippen LogP contribution < -0.4 is 0 Å². The summed E-state index contributed by atoms with van der Waals surface area (Å²) >= 11 is 0. The quantitative estimate of drug-likeness (QED) is 0.686. The molecule has 0 fully saturated rings. The lowest BCUT2D eigenvalue weighted by atomic mass is 10.3. The van der Waals surface area contributed by atoms with E-state index in [9.17, 15) is 16.8 Å². The first kappa shape index (κ1) is 19.4. The molecule has 0 aromatic carbocycles. The van der Waals surface area contributed by atoms with E-state index in [0.717, 1.165) is 6.08 Å². The van der Waals surface area contributed by atoms with Crippen LogP contribution in [0, 0.1) is 22.7 Å². The fraction of sp³-hybridized carbons (Fsp3) is 0.538. The molecular weight excluding hydrogens is 312 g/mol. The van der Waals surface area contributed by atoms with Crippen molar-refractivity contribution < 1.29 is 16.8 Å². The summed E-state index contributed by atoms with van der Waals surface area (Å²) in [6.45, 7) is 5.68. The second-order valence-electron chi connectivity index (χ2n) is 4.63. The molecule has 0 aliphatic heterocycles. The molecule has 0 spiro atoms. The van der Waals surface area contributed by atoms with Crippen molar-refractivity contribution in [1.29, 1.82) is 10.5 Å². The Morgan fingerprint density at radius 2 is 1.48 bits per heavy atom. The number of sulfone groups is 2. The largest absolute Gasteiger partial charge is 0.223 e. The molecule has 8 heteroatoms. The lowest BCUT2D eigenvalue weighted by Gasteiger charge is -2.10. The molecule has 6 nitrogen and oxygen atoms in total. The highest BCUT2D eigenvalue weighted by Gasteiger charge is 2.27. The summed E-state index contributed by atoms with van der Waals surface area (Å²) in [7, 11) is -7.56. The van der Waals surface area contributed by atoms with Gasteiger partial charge in [-0.25, -0.2) is 16.8 Å². The van der Waals surface area contributed by atoms with E-state index in [1.165, 1.54) is 33.8 Å². The van der Waals surface area contributed by atoms with Crippen LogP contribution in [0.4, 0.5) is 0 Å². The summed E-state index contributed by atoms with van der Waals surface area (Å²) < 4.78 is 47.8. The highest BCUT2D eigenvalue weighted by atomic mass is 32.2. The molecule has 116 valence electrons. The predicted molar refractivity (Wildman–Crippen MR) is 80.1 cm³/mol. The molecule has 0 aliphatic rings. The van der Waals surface area contributed by atoms with Crippen molar-refractivity contribution in [3.05, 3.63) is 22.0 Å². The van der Waals surface area contributed by atoms with Crippen LogP contribution in [0.5, 0.6) is 0 Å². The summed E-state index contributed by atoms with van der Waals surface area (Å²) in [5.41, 5.74) is 0. The average Bonchev–Trinajstić information content (AvgIpc) is 2.39. The number of rotatable bonds is 6. The number of hydrogen-bond acceptors (Lipinski definition) is 6. The second kappa shape index (κ2) is 7.39. The van der Waals surface area contributed by atoms with Gasteiger partial charge in [0.1, 0.15) is 21.9 Å². The Bertz CT molecular complexity index is 730. The summed E-state index contributed by atoms with van der Waals surface area (Å²) in [5.74, 6) is 0. The topological polar surface area (TPSA) is 116 Å². The van der Waals surface area contributed by atoms with Gasteiger partial charge in [0, 0.05) is 0 Å². The molecule has 0 rings (SSSR count). The van der Waals surface area contributed by atoms with Crippen molar-refractivity contribution in [1.82, 2.24) is 0 Å². The Kier molecular flexibility index (Phi) is 6.81. The van der Waals surface area contributed by atoms with E-state index in [4.69, 9.17) is 10.5 Å². The van der Waals surface area contributed by atoms with E-state index < -0.39 is 35.1 Å². The van der Waals surface area contributed by atoms with Crippen LogP contribution in [0.1, 0.15) is 34.1 Å². The standard InChI is InChI=1S/C13H18N2O4S2/c1-5-12(8-14)21(18,19)11(4)6-7-13(9-15)20(16,17)10(2)3/h5,7,10-11H,6H2,1-4H3/b12-5+,13-7+. The minimum Gasteiger partial charge on any atom is -0.223 e. The third-order valence-corrected chi connectivity index (χ3v) is 7.19. The van der Waals surface area contributed by atoms with Crippen molar-refractivity contribution >= 4 is 19.7 Å².